The molecule has 3 aromatic rings. The van der Waals surface area contributed by atoms with Gasteiger partial charge < -0.3 is 5.32 Å². The molecular formula is C17H17ClN4. The van der Waals surface area contributed by atoms with Crippen molar-refractivity contribution in [3.8, 4) is 11.4 Å². The van der Waals surface area contributed by atoms with Gasteiger partial charge >= 0.3 is 0 Å². The van der Waals surface area contributed by atoms with Crippen molar-refractivity contribution >= 4 is 23.2 Å². The predicted molar refractivity (Wildman–Crippen MR) is 90.6 cm³/mol. The zero-order chi connectivity index (χ0) is 15.5. The Balaban J connectivity index is 1.77. The molecule has 0 fully saturated rings. The van der Waals surface area contributed by atoms with Gasteiger partial charge in [0, 0.05) is 16.3 Å². The lowest BCUT2D eigenvalue weighted by molar-refractivity contribution is 0.867. The lowest BCUT2D eigenvalue weighted by atomic mass is 10.0. The second-order valence-corrected chi connectivity index (χ2v) is 5.85. The summed E-state index contributed by atoms with van der Waals surface area (Å²) in [5.41, 5.74) is 3.22. The van der Waals surface area contributed by atoms with Gasteiger partial charge in [0.25, 0.3) is 0 Å². The summed E-state index contributed by atoms with van der Waals surface area (Å²) >= 11 is 5.87. The molecular weight excluding hydrogens is 296 g/mol. The van der Waals surface area contributed by atoms with E-state index >= 15 is 0 Å². The number of nitrogens with zero attached hydrogens (tertiary/aromatic N) is 2. The van der Waals surface area contributed by atoms with Crippen molar-refractivity contribution < 1.29 is 0 Å². The van der Waals surface area contributed by atoms with Crippen molar-refractivity contribution in [2.45, 2.75) is 19.8 Å². The molecule has 4 nitrogen and oxygen atoms in total. The van der Waals surface area contributed by atoms with Crippen LogP contribution >= 0.6 is 11.6 Å². The van der Waals surface area contributed by atoms with Gasteiger partial charge in [-0.15, -0.1) is 5.10 Å². The molecule has 1 aromatic heterocycles. The number of nitrogens with one attached hydrogen (secondary N) is 2. The summed E-state index contributed by atoms with van der Waals surface area (Å²) in [7, 11) is 0. The number of aromatic amines is 1. The first-order valence-electron chi connectivity index (χ1n) is 7.17. The number of benzene rings is 2. The third-order valence-corrected chi connectivity index (χ3v) is 3.69. The van der Waals surface area contributed by atoms with Crippen molar-refractivity contribution in [3.63, 3.8) is 0 Å². The number of aromatic nitrogens is 3. The highest BCUT2D eigenvalue weighted by Gasteiger charge is 2.07. The maximum Gasteiger partial charge on any atom is 0.246 e. The summed E-state index contributed by atoms with van der Waals surface area (Å²) < 4.78 is 0. The van der Waals surface area contributed by atoms with Crippen molar-refractivity contribution in [1.29, 1.82) is 0 Å². The molecule has 2 N–H and O–H groups in total. The quantitative estimate of drug-likeness (QED) is 0.713. The van der Waals surface area contributed by atoms with Crippen LogP contribution in [0.2, 0.25) is 5.02 Å². The van der Waals surface area contributed by atoms with E-state index in [1.54, 1.807) is 0 Å². The van der Waals surface area contributed by atoms with Crippen LogP contribution < -0.4 is 5.32 Å². The Morgan fingerprint density at radius 1 is 1.00 bits per heavy atom. The van der Waals surface area contributed by atoms with Crippen LogP contribution in [0, 0.1) is 0 Å². The lowest BCUT2D eigenvalue weighted by Gasteiger charge is -2.05. The monoisotopic (exact) mass is 312 g/mol. The van der Waals surface area contributed by atoms with Gasteiger partial charge in [0.15, 0.2) is 5.82 Å². The highest BCUT2D eigenvalue weighted by Crippen LogP contribution is 2.22. The molecule has 0 aliphatic carbocycles. The number of halogens is 1. The Labute approximate surface area is 134 Å². The average molecular weight is 313 g/mol. The first-order valence-corrected chi connectivity index (χ1v) is 7.55. The molecule has 0 atom stereocenters. The van der Waals surface area contributed by atoms with E-state index in [1.807, 2.05) is 24.3 Å². The van der Waals surface area contributed by atoms with Crippen LogP contribution in [-0.2, 0) is 0 Å². The third-order valence-electron chi connectivity index (χ3n) is 3.44. The van der Waals surface area contributed by atoms with Crippen LogP contribution in [0.25, 0.3) is 11.4 Å². The normalized spacial score (nSPS) is 10.9. The molecule has 2 aromatic carbocycles. The zero-order valence-electron chi connectivity index (χ0n) is 12.5. The summed E-state index contributed by atoms with van der Waals surface area (Å²) in [4.78, 5) is 4.46. The Morgan fingerprint density at radius 2 is 1.68 bits per heavy atom. The Bertz CT molecular complexity index is 745. The minimum Gasteiger partial charge on any atom is -0.323 e. The maximum atomic E-state index is 5.87. The fourth-order valence-electron chi connectivity index (χ4n) is 2.14. The summed E-state index contributed by atoms with van der Waals surface area (Å²) in [6.45, 7) is 4.36. The van der Waals surface area contributed by atoms with Gasteiger partial charge in [0.05, 0.1) is 0 Å². The van der Waals surface area contributed by atoms with E-state index in [1.165, 1.54) is 5.56 Å². The second-order valence-electron chi connectivity index (χ2n) is 5.42. The highest BCUT2D eigenvalue weighted by molar-refractivity contribution is 6.30. The molecule has 0 aliphatic heterocycles. The molecule has 1 heterocycles. The molecule has 0 spiro atoms. The smallest absolute Gasteiger partial charge is 0.246 e. The fraction of sp³-hybridized carbons (Fsp3) is 0.176. The number of hydrogen-bond donors (Lipinski definition) is 2. The molecule has 112 valence electrons. The molecule has 3 rings (SSSR count). The minimum absolute atomic E-state index is 0.519. The summed E-state index contributed by atoms with van der Waals surface area (Å²) in [6.07, 6.45) is 0. The Morgan fingerprint density at radius 3 is 2.32 bits per heavy atom. The largest absolute Gasteiger partial charge is 0.323 e. The number of H-pyrrole nitrogens is 1. The highest BCUT2D eigenvalue weighted by atomic mass is 35.5. The van der Waals surface area contributed by atoms with E-state index in [0.717, 1.165) is 17.1 Å². The van der Waals surface area contributed by atoms with Crippen LogP contribution in [0.1, 0.15) is 25.3 Å². The van der Waals surface area contributed by atoms with Gasteiger partial charge in [-0.1, -0.05) is 49.7 Å². The van der Waals surface area contributed by atoms with Crippen molar-refractivity contribution in [2.75, 3.05) is 5.32 Å². The van der Waals surface area contributed by atoms with Crippen molar-refractivity contribution in [2.24, 2.45) is 0 Å². The van der Waals surface area contributed by atoms with Crippen molar-refractivity contribution in [3.05, 3.63) is 59.1 Å². The van der Waals surface area contributed by atoms with E-state index in [2.05, 4.69) is 58.6 Å². The topological polar surface area (TPSA) is 53.6 Å². The van der Waals surface area contributed by atoms with E-state index in [4.69, 9.17) is 11.6 Å². The average Bonchev–Trinajstić information content (AvgIpc) is 2.98. The molecule has 5 heteroatoms. The second kappa shape index (κ2) is 6.20. The fourth-order valence-corrected chi connectivity index (χ4v) is 2.26. The number of hydrogen-bond acceptors (Lipinski definition) is 3. The van der Waals surface area contributed by atoms with Crippen LogP contribution in [0.15, 0.2) is 48.5 Å². The summed E-state index contributed by atoms with van der Waals surface area (Å²) in [6, 6.07) is 15.8. The van der Waals surface area contributed by atoms with Gasteiger partial charge in [-0.2, -0.15) is 4.98 Å². The minimum atomic E-state index is 0.519. The molecule has 0 bridgehead atoms. The Hall–Kier alpha value is -2.33. The predicted octanol–water partition coefficient (Wildman–Crippen LogP) is 4.99. The van der Waals surface area contributed by atoms with Gasteiger partial charge in [-0.3, -0.25) is 5.10 Å². The molecule has 0 unspecified atom stereocenters. The Kier molecular flexibility index (Phi) is 4.11. The van der Waals surface area contributed by atoms with Crippen LogP contribution in [0.5, 0.6) is 0 Å². The van der Waals surface area contributed by atoms with Gasteiger partial charge in [-0.25, -0.2) is 0 Å². The number of rotatable bonds is 4. The van der Waals surface area contributed by atoms with Crippen LogP contribution in [0.4, 0.5) is 11.6 Å². The van der Waals surface area contributed by atoms with Crippen LogP contribution in [-0.4, -0.2) is 15.2 Å². The lowest BCUT2D eigenvalue weighted by Crippen LogP contribution is -1.92. The van der Waals surface area contributed by atoms with Crippen LogP contribution in [0.3, 0.4) is 0 Å². The molecule has 0 amide bonds. The first-order chi connectivity index (χ1) is 10.6. The van der Waals surface area contributed by atoms with E-state index in [9.17, 15) is 0 Å². The molecule has 0 saturated carbocycles. The first kappa shape index (κ1) is 14.6. The van der Waals surface area contributed by atoms with E-state index in [-0.39, 0.29) is 0 Å². The zero-order valence-corrected chi connectivity index (χ0v) is 13.2. The van der Waals surface area contributed by atoms with Gasteiger partial charge in [0.1, 0.15) is 0 Å². The maximum absolute atomic E-state index is 5.87. The third kappa shape index (κ3) is 3.28. The molecule has 0 radical (unpaired) electrons. The van der Waals surface area contributed by atoms with E-state index < -0.39 is 0 Å². The summed E-state index contributed by atoms with van der Waals surface area (Å²) in [5.74, 6) is 1.79. The summed E-state index contributed by atoms with van der Waals surface area (Å²) in [5, 5.41) is 11.0. The van der Waals surface area contributed by atoms with E-state index in [0.29, 0.717) is 16.9 Å². The standard InChI is InChI=1S/C17H17ClN4/c1-11(2)12-3-5-13(6-4-12)16-20-17(22-21-16)19-15-9-7-14(18)8-10-15/h3-11H,1-2H3,(H2,19,20,21,22). The molecule has 0 saturated heterocycles. The SMILES string of the molecule is CC(C)c1ccc(-c2nc(Nc3ccc(Cl)cc3)n[nH]2)cc1. The van der Waals surface area contributed by atoms with Gasteiger partial charge in [-0.05, 0) is 35.7 Å². The molecule has 22 heavy (non-hydrogen) atoms. The number of anilines is 2. The molecule has 0 aliphatic rings. The van der Waals surface area contributed by atoms with Gasteiger partial charge in [0.2, 0.25) is 5.95 Å². The van der Waals surface area contributed by atoms with Crippen molar-refractivity contribution in [1.82, 2.24) is 15.2 Å².